The van der Waals surface area contributed by atoms with Gasteiger partial charge >= 0.3 is 0 Å². The monoisotopic (exact) mass is 1370 g/mol. The molecule has 0 spiro atoms. The number of hydrogen-bond acceptors (Lipinski definition) is 2. The second-order valence-electron chi connectivity index (χ2n) is 28.1. The Morgan fingerprint density at radius 1 is 0.170 bits per heavy atom. The zero-order chi connectivity index (χ0) is 71.4. The molecule has 2 heteroatoms. The summed E-state index contributed by atoms with van der Waals surface area (Å²) in [6, 6.07) is 134. The molecule has 0 heterocycles. The van der Waals surface area contributed by atoms with Crippen LogP contribution in [0, 0.1) is 0 Å². The molecular formula is C104H86O2. The van der Waals surface area contributed by atoms with Crippen LogP contribution in [0.3, 0.4) is 0 Å². The quantitative estimate of drug-likeness (QED) is 0.0531. The van der Waals surface area contributed by atoms with Gasteiger partial charge in [0.1, 0.15) is 11.5 Å². The summed E-state index contributed by atoms with van der Waals surface area (Å²) < 4.78 is 15.3. The molecule has 106 heavy (non-hydrogen) atoms. The van der Waals surface area contributed by atoms with E-state index >= 15 is 0 Å². The zero-order valence-corrected chi connectivity index (χ0v) is 60.5. The number of ether oxygens (including phenoxy) is 2. The molecular weight excluding hydrogens is 1280 g/mol. The van der Waals surface area contributed by atoms with Crippen molar-refractivity contribution >= 4 is 21.5 Å². The summed E-state index contributed by atoms with van der Waals surface area (Å²) in [4.78, 5) is 0. The van der Waals surface area contributed by atoms with Crippen LogP contribution in [0.15, 0.2) is 364 Å². The molecule has 0 saturated carbocycles. The number of rotatable bonds is 25. The van der Waals surface area contributed by atoms with Gasteiger partial charge in [-0.1, -0.05) is 319 Å². The van der Waals surface area contributed by atoms with Crippen LogP contribution >= 0.6 is 0 Å². The molecule has 16 aromatic rings. The van der Waals surface area contributed by atoms with Crippen molar-refractivity contribution in [1.29, 1.82) is 0 Å². The van der Waals surface area contributed by atoms with E-state index in [0.29, 0.717) is 13.2 Å². The molecule has 0 radical (unpaired) electrons. The average Bonchev–Trinajstić information content (AvgIpc) is 0.719. The highest BCUT2D eigenvalue weighted by Crippen LogP contribution is 2.53. The van der Waals surface area contributed by atoms with E-state index in [1.165, 1.54) is 22.3 Å². The molecule has 0 aliphatic carbocycles. The van der Waals surface area contributed by atoms with Crippen molar-refractivity contribution in [3.63, 3.8) is 0 Å². The van der Waals surface area contributed by atoms with Gasteiger partial charge in [0.25, 0.3) is 0 Å². The standard InChI is InChI=1S/C104H86O2/c1-3-5-7-33-55-105-101-71-97(93-65-87(77-43-25-13-26-44-77)59-88(66-93)78-45-27-14-28-46-78)99-69-81(91-61-83(73-35-17-9-18-36-73)57-84(62-91)74-37-19-10-20-38-74)51-53-95(99)103(101)104-96-54-52-82(92-63-85(75-39-21-11-22-40-75)58-86(64-92)76-41-23-12-24-42-76)70-100(96)98(72-102(104)106-56-34-8-6-4-2)94-67-89(79-47-29-15-30-48-79)60-90(68-94)80-49-31-16-32-50-80/h9-32,35-54,57-72H,3-8,33-34,55-56H2,1-2H3. The maximum atomic E-state index is 7.64. The Labute approximate surface area is 625 Å². The smallest absolute Gasteiger partial charge is 0.128 e. The molecule has 0 aliphatic rings. The SMILES string of the molecule is CCCCCCOc1cc(-c2cc(-c3ccccc3)cc(-c3ccccc3)c2)c2cc(-c3cc(-c4ccccc4)cc(-c4ccccc4)c3)ccc2c1-c1c(OCCCCCC)cc(-c2cc(-c3ccccc3)cc(-c3ccccc3)c2)c2cc(-c3cc(-c4ccccc4)cc(-c4ccccc4)c3)ccc12. The van der Waals surface area contributed by atoms with Crippen LogP contribution < -0.4 is 9.47 Å². The lowest BCUT2D eigenvalue weighted by Gasteiger charge is -2.24. The fourth-order valence-electron chi connectivity index (χ4n) is 15.3. The van der Waals surface area contributed by atoms with Crippen LogP contribution in [-0.4, -0.2) is 13.2 Å². The summed E-state index contributed by atoms with van der Waals surface area (Å²) in [7, 11) is 0. The second kappa shape index (κ2) is 32.1. The van der Waals surface area contributed by atoms with Gasteiger partial charge in [0.05, 0.1) is 13.2 Å². The summed E-state index contributed by atoms with van der Waals surface area (Å²) in [5, 5.41) is 4.37. The summed E-state index contributed by atoms with van der Waals surface area (Å²) in [6.45, 7) is 5.66. The molecule has 16 aromatic carbocycles. The van der Waals surface area contributed by atoms with E-state index in [2.05, 4.69) is 378 Å². The predicted molar refractivity (Wildman–Crippen MR) is 451 cm³/mol. The number of benzene rings is 16. The molecule has 0 bridgehead atoms. The number of unbranched alkanes of at least 4 members (excludes halogenated alkanes) is 6. The normalized spacial score (nSPS) is 11.3. The molecule has 0 saturated heterocycles. The molecule has 0 aliphatic heterocycles. The number of hydrogen-bond donors (Lipinski definition) is 0. The van der Waals surface area contributed by atoms with E-state index in [1.807, 2.05) is 0 Å². The van der Waals surface area contributed by atoms with Crippen LogP contribution in [0.4, 0.5) is 0 Å². The van der Waals surface area contributed by atoms with Gasteiger partial charge in [-0.05, 0) is 265 Å². The predicted octanol–water partition coefficient (Wildman–Crippen LogP) is 29.6. The Morgan fingerprint density at radius 3 is 0.613 bits per heavy atom. The highest BCUT2D eigenvalue weighted by Gasteiger charge is 2.27. The topological polar surface area (TPSA) is 18.5 Å². The van der Waals surface area contributed by atoms with E-state index in [0.717, 1.165) is 207 Å². The highest BCUT2D eigenvalue weighted by atomic mass is 16.5. The van der Waals surface area contributed by atoms with Crippen LogP contribution in [0.5, 0.6) is 11.5 Å². The van der Waals surface area contributed by atoms with Gasteiger partial charge in [-0.2, -0.15) is 0 Å². The van der Waals surface area contributed by atoms with E-state index in [4.69, 9.17) is 9.47 Å². The van der Waals surface area contributed by atoms with E-state index in [9.17, 15) is 0 Å². The first-order chi connectivity index (χ1) is 52.5. The molecule has 0 amide bonds. The third-order valence-corrected chi connectivity index (χ3v) is 20.8. The van der Waals surface area contributed by atoms with Crippen molar-refractivity contribution in [2.24, 2.45) is 0 Å². The van der Waals surface area contributed by atoms with Gasteiger partial charge in [0.2, 0.25) is 0 Å². The first-order valence-electron chi connectivity index (χ1n) is 38.0. The molecule has 0 N–H and O–H groups in total. The van der Waals surface area contributed by atoms with Crippen molar-refractivity contribution in [3.8, 4) is 156 Å². The van der Waals surface area contributed by atoms with Gasteiger partial charge in [0, 0.05) is 11.1 Å². The van der Waals surface area contributed by atoms with Gasteiger partial charge in [-0.25, -0.2) is 0 Å². The summed E-state index contributed by atoms with van der Waals surface area (Å²) in [5.74, 6) is 1.65. The lowest BCUT2D eigenvalue weighted by Crippen LogP contribution is -2.04. The average molecular weight is 1370 g/mol. The summed E-state index contributed by atoms with van der Waals surface area (Å²) >= 11 is 0. The van der Waals surface area contributed by atoms with Gasteiger partial charge in [0.15, 0.2) is 0 Å². The summed E-state index contributed by atoms with van der Waals surface area (Å²) in [6.07, 6.45) is 8.50. The van der Waals surface area contributed by atoms with Gasteiger partial charge < -0.3 is 9.47 Å². The van der Waals surface area contributed by atoms with Crippen molar-refractivity contribution in [2.45, 2.75) is 65.2 Å². The van der Waals surface area contributed by atoms with Crippen LogP contribution in [0.2, 0.25) is 0 Å². The minimum Gasteiger partial charge on any atom is -0.493 e. The molecule has 0 unspecified atom stereocenters. The Balaban J connectivity index is 1.03. The fraction of sp³-hybridized carbons (Fsp3) is 0.115. The minimum absolute atomic E-state index is 0.549. The molecule has 0 fully saturated rings. The van der Waals surface area contributed by atoms with Gasteiger partial charge in [-0.3, -0.25) is 0 Å². The van der Waals surface area contributed by atoms with Crippen LogP contribution in [-0.2, 0) is 0 Å². The first-order valence-corrected chi connectivity index (χ1v) is 38.0. The second-order valence-corrected chi connectivity index (χ2v) is 28.1. The Hall–Kier alpha value is -12.4. The van der Waals surface area contributed by atoms with Crippen molar-refractivity contribution < 1.29 is 9.47 Å². The largest absolute Gasteiger partial charge is 0.493 e. The van der Waals surface area contributed by atoms with Crippen molar-refractivity contribution in [3.05, 3.63) is 364 Å². The first kappa shape index (κ1) is 68.1. The van der Waals surface area contributed by atoms with E-state index < -0.39 is 0 Å². The third-order valence-electron chi connectivity index (χ3n) is 20.8. The Kier molecular flexibility index (Phi) is 20.6. The lowest BCUT2D eigenvalue weighted by molar-refractivity contribution is 0.302. The molecule has 514 valence electrons. The number of fused-ring (bicyclic) bond motifs is 2. The lowest BCUT2D eigenvalue weighted by atomic mass is 9.83. The zero-order valence-electron chi connectivity index (χ0n) is 60.5. The maximum Gasteiger partial charge on any atom is 0.128 e. The van der Waals surface area contributed by atoms with Crippen molar-refractivity contribution in [1.82, 2.24) is 0 Å². The van der Waals surface area contributed by atoms with Crippen molar-refractivity contribution in [2.75, 3.05) is 13.2 Å². The molecule has 0 atom stereocenters. The van der Waals surface area contributed by atoms with E-state index in [-0.39, 0.29) is 0 Å². The Bertz CT molecular complexity index is 5090. The molecule has 16 rings (SSSR count). The highest BCUT2D eigenvalue weighted by molar-refractivity contribution is 6.17. The fourth-order valence-corrected chi connectivity index (χ4v) is 15.3. The van der Waals surface area contributed by atoms with Crippen LogP contribution in [0.25, 0.3) is 166 Å². The summed E-state index contributed by atoms with van der Waals surface area (Å²) in [5.41, 5.74) is 29.4. The minimum atomic E-state index is 0.549. The third kappa shape index (κ3) is 15.1. The van der Waals surface area contributed by atoms with Gasteiger partial charge in [-0.15, -0.1) is 0 Å². The molecule has 0 aromatic heterocycles. The Morgan fingerprint density at radius 2 is 0.387 bits per heavy atom. The van der Waals surface area contributed by atoms with E-state index in [1.54, 1.807) is 0 Å². The maximum absolute atomic E-state index is 7.64. The molecule has 2 nitrogen and oxygen atoms in total. The van der Waals surface area contributed by atoms with Crippen LogP contribution in [0.1, 0.15) is 65.2 Å².